The molecule has 12 heteroatoms. The molecule has 3 heterocycles. The lowest BCUT2D eigenvalue weighted by atomic mass is 10.1. The Morgan fingerprint density at radius 1 is 1.06 bits per heavy atom. The fraction of sp³-hybridized carbons (Fsp3) is 0.350. The molecule has 3 aromatic rings. The number of nitrogens with one attached hydrogen (secondary N) is 1. The van der Waals surface area contributed by atoms with Crippen LogP contribution < -0.4 is 31.3 Å². The number of fused-ring (bicyclic) bond motifs is 1. The molecule has 4 rings (SSSR count). The molecule has 1 aromatic carbocycles. The van der Waals surface area contributed by atoms with E-state index in [0.717, 1.165) is 0 Å². The average Bonchev–Trinajstić information content (AvgIpc) is 2.77. The number of anilines is 2. The number of ether oxygens (including phenoxy) is 2. The van der Waals surface area contributed by atoms with Crippen molar-refractivity contribution in [3.05, 3.63) is 46.9 Å². The van der Waals surface area contributed by atoms with E-state index in [1.54, 1.807) is 19.2 Å². The zero-order chi connectivity index (χ0) is 22.9. The zero-order valence-electron chi connectivity index (χ0n) is 17.1. The van der Waals surface area contributed by atoms with E-state index in [-0.39, 0.29) is 17.5 Å². The van der Waals surface area contributed by atoms with E-state index in [9.17, 15) is 18.0 Å². The molecule has 1 saturated heterocycles. The minimum Gasteiger partial charge on any atom is -0.490 e. The molecule has 3 N–H and O–H groups in total. The van der Waals surface area contributed by atoms with Crippen LogP contribution in [-0.4, -0.2) is 40.1 Å². The lowest BCUT2D eigenvalue weighted by Crippen LogP contribution is -2.40. The summed E-state index contributed by atoms with van der Waals surface area (Å²) in [6.45, 7) is 1.13. The van der Waals surface area contributed by atoms with Gasteiger partial charge < -0.3 is 19.8 Å². The zero-order valence-corrected chi connectivity index (χ0v) is 17.1. The lowest BCUT2D eigenvalue weighted by molar-refractivity contribution is -0.274. The molecular formula is C20H21F3N6O3. The number of alkyl halides is 3. The van der Waals surface area contributed by atoms with Crippen molar-refractivity contribution in [2.45, 2.75) is 25.3 Å². The number of pyridine rings is 1. The highest BCUT2D eigenvalue weighted by Gasteiger charge is 2.31. The van der Waals surface area contributed by atoms with Crippen molar-refractivity contribution in [1.82, 2.24) is 14.5 Å². The number of piperidine rings is 1. The number of aryl methyl sites for hydroxylation is 1. The van der Waals surface area contributed by atoms with Gasteiger partial charge in [-0.3, -0.25) is 4.57 Å². The first-order valence-electron chi connectivity index (χ1n) is 9.85. The van der Waals surface area contributed by atoms with Crippen LogP contribution in [0.15, 0.2) is 41.2 Å². The number of rotatable bonds is 5. The highest BCUT2D eigenvalue weighted by Crippen LogP contribution is 2.28. The number of nitrogen functional groups attached to an aromatic ring is 1. The number of halogens is 3. The van der Waals surface area contributed by atoms with Gasteiger partial charge in [0.25, 0.3) is 0 Å². The molecule has 32 heavy (non-hydrogen) atoms. The van der Waals surface area contributed by atoms with Crippen LogP contribution in [-0.2, 0) is 7.05 Å². The fourth-order valence-electron chi connectivity index (χ4n) is 3.61. The van der Waals surface area contributed by atoms with E-state index in [1.165, 1.54) is 28.8 Å². The maximum Gasteiger partial charge on any atom is 0.573 e. The van der Waals surface area contributed by atoms with Crippen LogP contribution in [0.5, 0.6) is 11.5 Å². The maximum absolute atomic E-state index is 12.3. The lowest BCUT2D eigenvalue weighted by Gasteiger charge is -2.33. The SMILES string of the molecule is Cn1c(=O)nc(N2CCC(Oc3ccc(OC(F)(F)F)cc3)CC2)c2nc(NN)ccc21. The molecule has 0 amide bonds. The molecule has 9 nitrogen and oxygen atoms in total. The summed E-state index contributed by atoms with van der Waals surface area (Å²) in [5.41, 5.74) is 3.31. The Kier molecular flexibility index (Phi) is 5.78. The molecule has 1 aliphatic heterocycles. The number of aromatic nitrogens is 3. The van der Waals surface area contributed by atoms with Crippen molar-refractivity contribution in [2.75, 3.05) is 23.4 Å². The summed E-state index contributed by atoms with van der Waals surface area (Å²) in [6, 6.07) is 8.73. The van der Waals surface area contributed by atoms with Gasteiger partial charge in [-0.05, 0) is 36.4 Å². The van der Waals surface area contributed by atoms with E-state index >= 15 is 0 Å². The standard InChI is InChI=1S/C20H21F3N6O3/c1-28-15-6-7-16(27-24)25-17(15)18(26-19(28)30)29-10-8-13(9-11-29)31-12-2-4-14(5-3-12)32-20(21,22)23/h2-7,13H,8-11,24H2,1H3,(H,25,27). The Morgan fingerprint density at radius 2 is 1.72 bits per heavy atom. The maximum atomic E-state index is 12.3. The van der Waals surface area contributed by atoms with Crippen LogP contribution in [0.1, 0.15) is 12.8 Å². The Labute approximate surface area is 180 Å². The van der Waals surface area contributed by atoms with Crippen LogP contribution in [0, 0.1) is 0 Å². The Bertz CT molecular complexity index is 1160. The Morgan fingerprint density at radius 3 is 2.34 bits per heavy atom. The number of hydrogen-bond donors (Lipinski definition) is 2. The molecule has 0 radical (unpaired) electrons. The van der Waals surface area contributed by atoms with Gasteiger partial charge >= 0.3 is 12.1 Å². The van der Waals surface area contributed by atoms with Gasteiger partial charge in [0.1, 0.15) is 28.9 Å². The quantitative estimate of drug-likeness (QED) is 0.451. The number of hydrazine groups is 1. The van der Waals surface area contributed by atoms with Crippen LogP contribution in [0.2, 0.25) is 0 Å². The molecule has 2 aromatic heterocycles. The van der Waals surface area contributed by atoms with Crippen LogP contribution in [0.3, 0.4) is 0 Å². The molecule has 0 atom stereocenters. The third-order valence-corrected chi connectivity index (χ3v) is 5.19. The molecule has 1 fully saturated rings. The first-order chi connectivity index (χ1) is 15.2. The molecule has 0 spiro atoms. The third-order valence-electron chi connectivity index (χ3n) is 5.19. The smallest absolute Gasteiger partial charge is 0.490 e. The second kappa shape index (κ2) is 8.54. The normalized spacial score (nSPS) is 15.1. The highest BCUT2D eigenvalue weighted by atomic mass is 19.4. The second-order valence-electron chi connectivity index (χ2n) is 7.31. The van der Waals surface area contributed by atoms with Crippen molar-refractivity contribution in [3.8, 4) is 11.5 Å². The first-order valence-corrected chi connectivity index (χ1v) is 9.85. The molecule has 0 saturated carbocycles. The largest absolute Gasteiger partial charge is 0.573 e. The summed E-state index contributed by atoms with van der Waals surface area (Å²) in [5.74, 6) is 6.56. The number of nitrogens with zero attached hydrogens (tertiary/aromatic N) is 4. The first kappa shape index (κ1) is 21.7. The average molecular weight is 450 g/mol. The molecule has 0 unspecified atom stereocenters. The third kappa shape index (κ3) is 4.69. The Hall–Kier alpha value is -3.54. The van der Waals surface area contributed by atoms with Crippen LogP contribution >= 0.6 is 0 Å². The van der Waals surface area contributed by atoms with E-state index in [1.807, 2.05) is 4.90 Å². The fourth-order valence-corrected chi connectivity index (χ4v) is 3.61. The van der Waals surface area contributed by atoms with Gasteiger partial charge in [-0.1, -0.05) is 0 Å². The van der Waals surface area contributed by atoms with Gasteiger partial charge in [0.15, 0.2) is 5.82 Å². The van der Waals surface area contributed by atoms with E-state index < -0.39 is 6.36 Å². The molecule has 0 bridgehead atoms. The van der Waals surface area contributed by atoms with Gasteiger partial charge in [-0.15, -0.1) is 13.2 Å². The van der Waals surface area contributed by atoms with E-state index in [2.05, 4.69) is 20.1 Å². The number of hydrogen-bond acceptors (Lipinski definition) is 8. The van der Waals surface area contributed by atoms with Gasteiger partial charge in [0.2, 0.25) is 0 Å². The monoisotopic (exact) mass is 450 g/mol. The summed E-state index contributed by atoms with van der Waals surface area (Å²) >= 11 is 0. The summed E-state index contributed by atoms with van der Waals surface area (Å²) in [5, 5.41) is 0. The number of nitrogens with two attached hydrogens (primary N) is 1. The van der Waals surface area contributed by atoms with Crippen molar-refractivity contribution < 1.29 is 22.6 Å². The van der Waals surface area contributed by atoms with Crippen molar-refractivity contribution in [2.24, 2.45) is 12.9 Å². The van der Waals surface area contributed by atoms with Gasteiger partial charge in [-0.25, -0.2) is 15.6 Å². The van der Waals surface area contributed by atoms with Crippen molar-refractivity contribution in [3.63, 3.8) is 0 Å². The number of benzene rings is 1. The summed E-state index contributed by atoms with van der Waals surface area (Å²) in [6.07, 6.45) is -3.60. The summed E-state index contributed by atoms with van der Waals surface area (Å²) in [4.78, 5) is 23.0. The molecule has 0 aliphatic carbocycles. The highest BCUT2D eigenvalue weighted by molar-refractivity contribution is 5.87. The molecular weight excluding hydrogens is 429 g/mol. The topological polar surface area (TPSA) is 108 Å². The second-order valence-corrected chi connectivity index (χ2v) is 7.31. The minimum atomic E-state index is -4.73. The predicted octanol–water partition coefficient (Wildman–Crippen LogP) is 2.56. The summed E-state index contributed by atoms with van der Waals surface area (Å²) in [7, 11) is 1.63. The van der Waals surface area contributed by atoms with Crippen molar-refractivity contribution >= 4 is 22.7 Å². The summed E-state index contributed by atoms with van der Waals surface area (Å²) < 4.78 is 48.0. The molecule has 1 aliphatic rings. The van der Waals surface area contributed by atoms with Gasteiger partial charge in [-0.2, -0.15) is 4.98 Å². The predicted molar refractivity (Wildman–Crippen MR) is 112 cm³/mol. The van der Waals surface area contributed by atoms with Crippen molar-refractivity contribution in [1.29, 1.82) is 0 Å². The van der Waals surface area contributed by atoms with E-state index in [4.69, 9.17) is 10.6 Å². The minimum absolute atomic E-state index is 0.132. The Balaban J connectivity index is 1.45. The van der Waals surface area contributed by atoms with Crippen LogP contribution in [0.25, 0.3) is 11.0 Å². The van der Waals surface area contributed by atoms with Gasteiger partial charge in [0, 0.05) is 33.0 Å². The van der Waals surface area contributed by atoms with Gasteiger partial charge in [0.05, 0.1) is 5.52 Å². The van der Waals surface area contributed by atoms with Crippen LogP contribution in [0.4, 0.5) is 24.8 Å². The van der Waals surface area contributed by atoms with E-state index in [0.29, 0.717) is 54.3 Å². The molecule has 170 valence electrons.